The third-order valence-electron chi connectivity index (χ3n) is 5.28. The van der Waals surface area contributed by atoms with Gasteiger partial charge in [0.05, 0.1) is 5.54 Å². The van der Waals surface area contributed by atoms with Gasteiger partial charge in [-0.05, 0) is 37.5 Å². The number of rotatable bonds is 2. The monoisotopic (exact) mass is 277 g/mol. The lowest BCUT2D eigenvalue weighted by Gasteiger charge is -2.33. The molecule has 2 atom stereocenters. The second kappa shape index (κ2) is 5.47. The normalized spacial score (nSPS) is 38.9. The Morgan fingerprint density at radius 1 is 1.10 bits per heavy atom. The Bertz CT molecular complexity index is 450. The van der Waals surface area contributed by atoms with Crippen molar-refractivity contribution in [1.29, 1.82) is 0 Å². The van der Waals surface area contributed by atoms with Gasteiger partial charge in [-0.25, -0.2) is 0 Å². The molecule has 1 aromatic rings. The topological polar surface area (TPSA) is 64.9 Å². The summed E-state index contributed by atoms with van der Waals surface area (Å²) in [5.41, 5.74) is 6.16. The molecule has 1 heterocycles. The standard InChI is InChI=1S/C16H27N3O/c1-11-5-7-13(8-6-11)14-18-15(20-19-14)16(17)9-3-4-12(2)10-16/h11-13H,3-10,17H2,1-2H3. The van der Waals surface area contributed by atoms with Crippen LogP contribution in [-0.2, 0) is 5.54 Å². The molecular weight excluding hydrogens is 250 g/mol. The summed E-state index contributed by atoms with van der Waals surface area (Å²) in [6.07, 6.45) is 9.30. The van der Waals surface area contributed by atoms with E-state index in [4.69, 9.17) is 10.3 Å². The van der Waals surface area contributed by atoms with Crippen LogP contribution in [0.15, 0.2) is 4.52 Å². The van der Waals surface area contributed by atoms with Crippen LogP contribution in [0.3, 0.4) is 0 Å². The van der Waals surface area contributed by atoms with E-state index in [1.807, 2.05) is 0 Å². The zero-order chi connectivity index (χ0) is 14.2. The average Bonchev–Trinajstić information content (AvgIpc) is 2.90. The fourth-order valence-corrected chi connectivity index (χ4v) is 3.91. The highest BCUT2D eigenvalue weighted by Crippen LogP contribution is 2.39. The number of hydrogen-bond acceptors (Lipinski definition) is 4. The SMILES string of the molecule is CC1CCC(c2noc(C3(N)CCCC(C)C3)n2)CC1. The van der Waals surface area contributed by atoms with Crippen LogP contribution in [0.5, 0.6) is 0 Å². The molecule has 4 heteroatoms. The van der Waals surface area contributed by atoms with Gasteiger partial charge in [-0.3, -0.25) is 0 Å². The lowest BCUT2D eigenvalue weighted by Crippen LogP contribution is -2.41. The first-order valence-electron chi connectivity index (χ1n) is 8.20. The highest BCUT2D eigenvalue weighted by atomic mass is 16.5. The van der Waals surface area contributed by atoms with E-state index >= 15 is 0 Å². The van der Waals surface area contributed by atoms with Gasteiger partial charge in [-0.2, -0.15) is 4.98 Å². The average molecular weight is 277 g/mol. The van der Waals surface area contributed by atoms with Gasteiger partial charge in [-0.15, -0.1) is 0 Å². The van der Waals surface area contributed by atoms with Gasteiger partial charge in [0.25, 0.3) is 0 Å². The van der Waals surface area contributed by atoms with Crippen LogP contribution < -0.4 is 5.73 Å². The lowest BCUT2D eigenvalue weighted by molar-refractivity contribution is 0.183. The first-order chi connectivity index (χ1) is 9.57. The van der Waals surface area contributed by atoms with Crippen LogP contribution in [0.2, 0.25) is 0 Å². The molecule has 2 aliphatic carbocycles. The predicted molar refractivity (Wildman–Crippen MR) is 78.2 cm³/mol. The lowest BCUT2D eigenvalue weighted by atomic mass is 9.77. The van der Waals surface area contributed by atoms with Crippen molar-refractivity contribution in [2.45, 2.75) is 76.7 Å². The van der Waals surface area contributed by atoms with E-state index in [0.717, 1.165) is 31.0 Å². The molecule has 2 saturated carbocycles. The van der Waals surface area contributed by atoms with Crippen molar-refractivity contribution >= 4 is 0 Å². The van der Waals surface area contributed by atoms with Crippen LogP contribution >= 0.6 is 0 Å². The first-order valence-corrected chi connectivity index (χ1v) is 8.20. The number of nitrogens with two attached hydrogens (primary N) is 1. The molecule has 2 aliphatic rings. The summed E-state index contributed by atoms with van der Waals surface area (Å²) in [5, 5.41) is 4.24. The van der Waals surface area contributed by atoms with Crippen LogP contribution in [0.25, 0.3) is 0 Å². The highest BCUT2D eigenvalue weighted by Gasteiger charge is 2.38. The van der Waals surface area contributed by atoms with Gasteiger partial charge in [0.2, 0.25) is 5.89 Å². The molecule has 3 rings (SSSR count). The Labute approximate surface area is 121 Å². The largest absolute Gasteiger partial charge is 0.337 e. The fourth-order valence-electron chi connectivity index (χ4n) is 3.91. The van der Waals surface area contributed by atoms with Crippen LogP contribution in [0.4, 0.5) is 0 Å². The minimum atomic E-state index is -0.384. The van der Waals surface area contributed by atoms with E-state index in [1.54, 1.807) is 0 Å². The number of nitrogens with zero attached hydrogens (tertiary/aromatic N) is 2. The maximum atomic E-state index is 6.54. The predicted octanol–water partition coefficient (Wildman–Crippen LogP) is 3.73. The number of aromatic nitrogens is 2. The highest BCUT2D eigenvalue weighted by molar-refractivity contribution is 5.07. The molecule has 112 valence electrons. The molecular formula is C16H27N3O. The third-order valence-corrected chi connectivity index (χ3v) is 5.28. The summed E-state index contributed by atoms with van der Waals surface area (Å²) < 4.78 is 5.55. The number of hydrogen-bond donors (Lipinski definition) is 1. The summed E-state index contributed by atoms with van der Waals surface area (Å²) in [6.45, 7) is 4.59. The molecule has 2 fully saturated rings. The van der Waals surface area contributed by atoms with Gasteiger partial charge >= 0.3 is 0 Å². The molecule has 0 spiro atoms. The van der Waals surface area contributed by atoms with Gasteiger partial charge in [0.1, 0.15) is 0 Å². The minimum Gasteiger partial charge on any atom is -0.337 e. The molecule has 2 unspecified atom stereocenters. The Hall–Kier alpha value is -0.900. The molecule has 0 radical (unpaired) electrons. The minimum absolute atomic E-state index is 0.384. The fraction of sp³-hybridized carbons (Fsp3) is 0.875. The Kier molecular flexibility index (Phi) is 3.85. The molecule has 0 amide bonds. The van der Waals surface area contributed by atoms with Crippen molar-refractivity contribution in [3.05, 3.63) is 11.7 Å². The molecule has 4 nitrogen and oxygen atoms in total. The van der Waals surface area contributed by atoms with Crippen LogP contribution in [0, 0.1) is 11.8 Å². The maximum absolute atomic E-state index is 6.54. The zero-order valence-electron chi connectivity index (χ0n) is 12.8. The summed E-state index contributed by atoms with van der Waals surface area (Å²) in [6, 6.07) is 0. The van der Waals surface area contributed by atoms with E-state index < -0.39 is 0 Å². The second-order valence-corrected chi connectivity index (χ2v) is 7.27. The van der Waals surface area contributed by atoms with Crippen molar-refractivity contribution in [2.24, 2.45) is 17.6 Å². The molecule has 0 aliphatic heterocycles. The molecule has 0 saturated heterocycles. The van der Waals surface area contributed by atoms with Crippen molar-refractivity contribution in [2.75, 3.05) is 0 Å². The van der Waals surface area contributed by atoms with E-state index in [-0.39, 0.29) is 5.54 Å². The van der Waals surface area contributed by atoms with Crippen molar-refractivity contribution in [3.8, 4) is 0 Å². The Morgan fingerprint density at radius 2 is 1.85 bits per heavy atom. The van der Waals surface area contributed by atoms with Crippen molar-refractivity contribution in [1.82, 2.24) is 10.1 Å². The maximum Gasteiger partial charge on any atom is 0.246 e. The molecule has 1 aromatic heterocycles. The van der Waals surface area contributed by atoms with E-state index in [9.17, 15) is 0 Å². The summed E-state index contributed by atoms with van der Waals surface area (Å²) in [7, 11) is 0. The van der Waals surface area contributed by atoms with Gasteiger partial charge in [0, 0.05) is 5.92 Å². The Morgan fingerprint density at radius 3 is 2.55 bits per heavy atom. The first kappa shape index (κ1) is 14.1. The molecule has 0 aromatic carbocycles. The smallest absolute Gasteiger partial charge is 0.246 e. The third kappa shape index (κ3) is 2.76. The molecule has 0 bridgehead atoms. The van der Waals surface area contributed by atoms with E-state index in [2.05, 4.69) is 24.0 Å². The molecule has 20 heavy (non-hydrogen) atoms. The second-order valence-electron chi connectivity index (χ2n) is 7.27. The summed E-state index contributed by atoms with van der Waals surface area (Å²) >= 11 is 0. The van der Waals surface area contributed by atoms with Crippen LogP contribution in [0.1, 0.15) is 82.8 Å². The quantitative estimate of drug-likeness (QED) is 0.894. The van der Waals surface area contributed by atoms with E-state index in [0.29, 0.717) is 17.7 Å². The van der Waals surface area contributed by atoms with E-state index in [1.165, 1.54) is 32.1 Å². The Balaban J connectivity index is 1.73. The van der Waals surface area contributed by atoms with Gasteiger partial charge < -0.3 is 10.3 Å². The van der Waals surface area contributed by atoms with Gasteiger partial charge in [0.15, 0.2) is 5.82 Å². The van der Waals surface area contributed by atoms with Crippen LogP contribution in [-0.4, -0.2) is 10.1 Å². The van der Waals surface area contributed by atoms with Gasteiger partial charge in [-0.1, -0.05) is 44.7 Å². The zero-order valence-corrected chi connectivity index (χ0v) is 12.8. The molecule has 2 N–H and O–H groups in total. The summed E-state index contributed by atoms with van der Waals surface area (Å²) in [4.78, 5) is 4.69. The summed E-state index contributed by atoms with van der Waals surface area (Å²) in [5.74, 6) is 3.55. The van der Waals surface area contributed by atoms with Crippen molar-refractivity contribution in [3.63, 3.8) is 0 Å². The van der Waals surface area contributed by atoms with Crippen molar-refractivity contribution < 1.29 is 4.52 Å².